The molecule has 2 aromatic carbocycles. The van der Waals surface area contributed by atoms with Gasteiger partial charge in [0.1, 0.15) is 17.7 Å². The molecule has 1 aliphatic carbocycles. The number of carbonyl (C=O) groups excluding carboxylic acids is 1. The third-order valence-electron chi connectivity index (χ3n) is 4.23. The number of fused-ring (bicyclic) bond motifs is 3. The minimum atomic E-state index is -0.425. The maximum absolute atomic E-state index is 12.6. The highest BCUT2D eigenvalue weighted by atomic mass is 16.5. The molecule has 0 radical (unpaired) electrons. The van der Waals surface area contributed by atoms with E-state index >= 15 is 0 Å². The molecule has 4 nitrogen and oxygen atoms in total. The molecular formula is C21H16N2O2. The fraction of sp³-hybridized carbons (Fsp3) is 0.190. The van der Waals surface area contributed by atoms with Crippen molar-refractivity contribution < 1.29 is 9.53 Å². The van der Waals surface area contributed by atoms with Gasteiger partial charge in [0.2, 0.25) is 0 Å². The van der Waals surface area contributed by atoms with Crippen LogP contribution < -0.4 is 0 Å². The van der Waals surface area contributed by atoms with Crippen LogP contribution >= 0.6 is 0 Å². The Morgan fingerprint density at radius 2 is 1.68 bits per heavy atom. The second-order valence-electron chi connectivity index (χ2n) is 5.74. The van der Waals surface area contributed by atoms with Gasteiger partial charge in [-0.1, -0.05) is 49.7 Å². The van der Waals surface area contributed by atoms with E-state index in [0.717, 1.165) is 29.5 Å². The summed E-state index contributed by atoms with van der Waals surface area (Å²) in [6.45, 7) is 2.38. The van der Waals surface area contributed by atoms with Crippen molar-refractivity contribution in [3.8, 4) is 23.3 Å². The first-order chi connectivity index (χ1) is 12.2. The number of nitriles is 2. The molecule has 0 fully saturated rings. The monoisotopic (exact) mass is 328 g/mol. The SMILES string of the molecule is CCCCOC(=O)c1cccc2c1C(=C(C#N)C#N)c1ccccc1-2. The van der Waals surface area contributed by atoms with E-state index in [4.69, 9.17) is 4.74 Å². The van der Waals surface area contributed by atoms with Crippen LogP contribution in [0.5, 0.6) is 0 Å². The van der Waals surface area contributed by atoms with Crippen molar-refractivity contribution >= 4 is 11.5 Å². The number of unbranched alkanes of at least 4 members (excludes halogenated alkanes) is 1. The molecule has 0 spiro atoms. The maximum Gasteiger partial charge on any atom is 0.338 e. The number of benzene rings is 2. The highest BCUT2D eigenvalue weighted by molar-refractivity contribution is 6.10. The molecular weight excluding hydrogens is 312 g/mol. The van der Waals surface area contributed by atoms with Gasteiger partial charge in [0.25, 0.3) is 0 Å². The zero-order valence-corrected chi connectivity index (χ0v) is 13.9. The normalized spacial score (nSPS) is 11.1. The van der Waals surface area contributed by atoms with Crippen molar-refractivity contribution in [3.05, 3.63) is 64.7 Å². The van der Waals surface area contributed by atoms with E-state index in [2.05, 4.69) is 0 Å². The second-order valence-corrected chi connectivity index (χ2v) is 5.74. The molecule has 25 heavy (non-hydrogen) atoms. The highest BCUT2D eigenvalue weighted by Crippen LogP contribution is 2.47. The summed E-state index contributed by atoms with van der Waals surface area (Å²) in [7, 11) is 0. The van der Waals surface area contributed by atoms with E-state index in [1.54, 1.807) is 12.1 Å². The fourth-order valence-corrected chi connectivity index (χ4v) is 3.07. The molecule has 122 valence electrons. The van der Waals surface area contributed by atoms with Gasteiger partial charge in [0, 0.05) is 11.1 Å². The van der Waals surface area contributed by atoms with Crippen LogP contribution in [0, 0.1) is 22.7 Å². The van der Waals surface area contributed by atoms with Crippen LogP contribution in [0.3, 0.4) is 0 Å². The summed E-state index contributed by atoms with van der Waals surface area (Å²) < 4.78 is 5.36. The Labute approximate surface area is 146 Å². The summed E-state index contributed by atoms with van der Waals surface area (Å²) in [6.07, 6.45) is 1.73. The van der Waals surface area contributed by atoms with Crippen LogP contribution in [0.4, 0.5) is 0 Å². The van der Waals surface area contributed by atoms with Crippen molar-refractivity contribution in [2.45, 2.75) is 19.8 Å². The number of rotatable bonds is 4. The standard InChI is InChI=1S/C21H16N2O2/c1-2-3-11-25-21(24)18-10-6-9-17-15-7-4-5-8-16(15)19(20(17)18)14(12-22)13-23/h4-10H,2-3,11H2,1H3. The summed E-state index contributed by atoms with van der Waals surface area (Å²) in [6, 6.07) is 16.9. The second kappa shape index (κ2) is 7.03. The summed E-state index contributed by atoms with van der Waals surface area (Å²) in [5.74, 6) is -0.425. The Bertz CT molecular complexity index is 943. The van der Waals surface area contributed by atoms with Crippen LogP contribution in [-0.4, -0.2) is 12.6 Å². The number of allylic oxidation sites excluding steroid dienone is 1. The number of carbonyl (C=O) groups is 1. The molecule has 0 unspecified atom stereocenters. The lowest BCUT2D eigenvalue weighted by molar-refractivity contribution is 0.0499. The molecule has 3 rings (SSSR count). The van der Waals surface area contributed by atoms with E-state index < -0.39 is 5.97 Å². The van der Waals surface area contributed by atoms with Gasteiger partial charge < -0.3 is 4.74 Å². The Kier molecular flexibility index (Phi) is 4.64. The molecule has 0 bridgehead atoms. The molecule has 2 aromatic rings. The zero-order valence-electron chi connectivity index (χ0n) is 13.9. The molecule has 0 amide bonds. The Hall–Kier alpha value is -3.37. The fourth-order valence-electron chi connectivity index (χ4n) is 3.07. The maximum atomic E-state index is 12.6. The van der Waals surface area contributed by atoms with Gasteiger partial charge in [-0.15, -0.1) is 0 Å². The number of ether oxygens (including phenoxy) is 1. The van der Waals surface area contributed by atoms with Crippen LogP contribution in [0.15, 0.2) is 48.0 Å². The Balaban J connectivity index is 2.21. The summed E-state index contributed by atoms with van der Waals surface area (Å²) in [5, 5.41) is 18.8. The molecule has 0 aliphatic heterocycles. The molecule has 4 heteroatoms. The van der Waals surface area contributed by atoms with Crippen LogP contribution in [0.2, 0.25) is 0 Å². The predicted octanol–water partition coefficient (Wildman–Crippen LogP) is 4.47. The number of nitrogens with zero attached hydrogens (tertiary/aromatic N) is 2. The first-order valence-corrected chi connectivity index (χ1v) is 8.17. The van der Waals surface area contributed by atoms with Gasteiger partial charge in [-0.25, -0.2) is 4.79 Å². The smallest absolute Gasteiger partial charge is 0.338 e. The van der Waals surface area contributed by atoms with Crippen LogP contribution in [0.25, 0.3) is 16.7 Å². The van der Waals surface area contributed by atoms with Crippen molar-refractivity contribution in [1.82, 2.24) is 0 Å². The molecule has 0 N–H and O–H groups in total. The van der Waals surface area contributed by atoms with Crippen molar-refractivity contribution in [3.63, 3.8) is 0 Å². The largest absolute Gasteiger partial charge is 0.462 e. The molecule has 1 aliphatic rings. The quantitative estimate of drug-likeness (QED) is 0.402. The van der Waals surface area contributed by atoms with E-state index in [9.17, 15) is 15.3 Å². The van der Waals surface area contributed by atoms with Gasteiger partial charge in [-0.2, -0.15) is 10.5 Å². The first kappa shape index (κ1) is 16.5. The van der Waals surface area contributed by atoms with Crippen molar-refractivity contribution in [2.75, 3.05) is 6.61 Å². The summed E-state index contributed by atoms with van der Waals surface area (Å²) in [5.41, 5.74) is 4.08. The molecule has 0 saturated heterocycles. The summed E-state index contributed by atoms with van der Waals surface area (Å²) >= 11 is 0. The molecule has 0 aromatic heterocycles. The lowest BCUT2D eigenvalue weighted by atomic mass is 9.95. The third-order valence-corrected chi connectivity index (χ3v) is 4.23. The average molecular weight is 328 g/mol. The Morgan fingerprint density at radius 3 is 2.36 bits per heavy atom. The molecule has 0 heterocycles. The minimum Gasteiger partial charge on any atom is -0.462 e. The minimum absolute atomic E-state index is 0.00000758. The predicted molar refractivity (Wildman–Crippen MR) is 94.3 cm³/mol. The summed E-state index contributed by atoms with van der Waals surface area (Å²) in [4.78, 5) is 12.6. The van der Waals surface area contributed by atoms with E-state index in [1.807, 2.05) is 49.4 Å². The lowest BCUT2D eigenvalue weighted by Gasteiger charge is -2.10. The van der Waals surface area contributed by atoms with E-state index in [-0.39, 0.29) is 5.57 Å². The highest BCUT2D eigenvalue weighted by Gasteiger charge is 2.30. The van der Waals surface area contributed by atoms with Crippen LogP contribution in [0.1, 0.15) is 41.3 Å². The average Bonchev–Trinajstić information content (AvgIpc) is 2.98. The molecule has 0 atom stereocenters. The lowest BCUT2D eigenvalue weighted by Crippen LogP contribution is -2.09. The van der Waals surface area contributed by atoms with Gasteiger partial charge >= 0.3 is 5.97 Å². The topological polar surface area (TPSA) is 73.9 Å². The van der Waals surface area contributed by atoms with Gasteiger partial charge in [0.05, 0.1) is 12.2 Å². The number of esters is 1. The van der Waals surface area contributed by atoms with Crippen molar-refractivity contribution in [2.24, 2.45) is 0 Å². The molecule has 0 saturated carbocycles. The number of hydrogen-bond donors (Lipinski definition) is 0. The van der Waals surface area contributed by atoms with E-state index in [0.29, 0.717) is 23.3 Å². The zero-order chi connectivity index (χ0) is 17.8. The van der Waals surface area contributed by atoms with Gasteiger partial charge in [-0.05, 0) is 29.2 Å². The van der Waals surface area contributed by atoms with Gasteiger partial charge in [0.15, 0.2) is 0 Å². The number of hydrogen-bond acceptors (Lipinski definition) is 4. The Morgan fingerprint density at radius 1 is 1.00 bits per heavy atom. The van der Waals surface area contributed by atoms with Crippen LogP contribution in [-0.2, 0) is 4.74 Å². The first-order valence-electron chi connectivity index (χ1n) is 8.17. The van der Waals surface area contributed by atoms with E-state index in [1.165, 1.54) is 0 Å². The third kappa shape index (κ3) is 2.79. The van der Waals surface area contributed by atoms with Gasteiger partial charge in [-0.3, -0.25) is 0 Å². The van der Waals surface area contributed by atoms with Crippen molar-refractivity contribution in [1.29, 1.82) is 10.5 Å².